The van der Waals surface area contributed by atoms with Gasteiger partial charge in [-0.25, -0.2) is 0 Å². The van der Waals surface area contributed by atoms with Crippen LogP contribution in [0.2, 0.25) is 0 Å². The molecule has 0 aromatic heterocycles. The number of carbonyl (C=O) groups excluding carboxylic acids is 8. The number of hydrogen-bond acceptors (Lipinski definition) is 10. The summed E-state index contributed by atoms with van der Waals surface area (Å²) in [5.74, 6) is -0.517. The van der Waals surface area contributed by atoms with Crippen molar-refractivity contribution in [3.8, 4) is 0 Å². The average molecular weight is 1450 g/mol. The van der Waals surface area contributed by atoms with Crippen molar-refractivity contribution in [2.24, 2.45) is 69.0 Å². The van der Waals surface area contributed by atoms with Crippen LogP contribution in [0.4, 0.5) is 0 Å². The van der Waals surface area contributed by atoms with Crippen LogP contribution in [0, 0.1) is 69.0 Å². The van der Waals surface area contributed by atoms with Crippen LogP contribution in [0.3, 0.4) is 0 Å². The Labute approximate surface area is 632 Å². The van der Waals surface area contributed by atoms with Gasteiger partial charge >= 0.3 is 11.9 Å². The number of amides is 6. The molecule has 20 atom stereocenters. The number of esters is 2. The van der Waals surface area contributed by atoms with Gasteiger partial charge in [-0.1, -0.05) is 189 Å². The highest BCUT2D eigenvalue weighted by molar-refractivity contribution is 5.93. The first-order valence-electron chi connectivity index (χ1n) is 41.2. The van der Waals surface area contributed by atoms with Crippen LogP contribution < -0.4 is 31.9 Å². The predicted octanol–water partition coefficient (Wildman–Crippen LogP) is 15.0. The highest BCUT2D eigenvalue weighted by atomic mass is 16.5. The minimum atomic E-state index is -0.959. The molecule has 6 N–H and O–H groups in total. The number of benzene rings is 4. The fourth-order valence-corrected chi connectivity index (χ4v) is 22.0. The first-order chi connectivity index (χ1) is 50.8. The maximum atomic E-state index is 15.1. The summed E-state index contributed by atoms with van der Waals surface area (Å²) >= 11 is 0. The molecule has 576 valence electrons. The lowest BCUT2D eigenvalue weighted by atomic mass is 9.53. The van der Waals surface area contributed by atoms with Gasteiger partial charge in [0.25, 0.3) is 0 Å². The standard InChI is InChI=1S/C90H126N6O10/c1-59-37-41-81(99)93-76(51-63-25-13-9-14-26-63)85(103)95-78(53-65-29-17-11-18-30-65)83(101)91-70-35-23-45-87(5,49-43-70)67-33-21-47-89(7)69(55-67)56-72(105-61(3)97)58-74(89)60(2)38-42-82(100)94-77(52-64-27-15-10-16-28-64)86(104)96-79(54-66-31-19-12-20-32-66)84(102)92-71-36-24-46-88(6,50-44-71)68-34-22-48-90(8)73(59)39-40-80(75(90)57-68)106-62(4)98/h9-20,25-32,59-60,67-80H,21-24,33-58H2,1-8H3,(H,91,101)(H,92,102)(H,93,99)(H,94,100)(H,95,103)(H,96,104)/t59-,60-,67?,68?,69?,70?,71?,72+,73?,74?,75?,76+,77+,78+,79+,80+,87+,88+,89-,90+/m1/s1. The summed E-state index contributed by atoms with van der Waals surface area (Å²) < 4.78 is 12.6. The highest BCUT2D eigenvalue weighted by Gasteiger charge is 2.56. The van der Waals surface area contributed by atoms with E-state index in [0.717, 1.165) is 164 Å². The summed E-state index contributed by atoms with van der Waals surface area (Å²) in [7, 11) is 0. The van der Waals surface area contributed by atoms with Crippen LogP contribution in [0.25, 0.3) is 0 Å². The molecule has 8 unspecified atom stereocenters. The third-order valence-corrected chi connectivity index (χ3v) is 28.2. The van der Waals surface area contributed by atoms with Gasteiger partial charge in [0.05, 0.1) is 0 Å². The molecule has 7 aliphatic rings. The Morgan fingerprint density at radius 1 is 0.368 bits per heavy atom. The summed E-state index contributed by atoms with van der Waals surface area (Å²) in [4.78, 5) is 116. The SMILES string of the molecule is CC(=O)O[C@H]1CC2CC3CCC[C@@]2(C)C(C1)[C@H](C)CCC(=O)N[C@@H](Cc1ccccc1)C(=O)N[C@@H](Cc1ccccc1)C(=O)NC1CCC[C@@](C)(CC1)C1CCC[C@@]2(C)C(CC[C@H](OC(C)=O)C2C1)[C@H](C)CCC(=O)N[C@@H](Cc1ccccc1)C(=O)N[C@@H](Cc1ccccc1)C(=O)NC1CCC[C@@]3(C)CC1. The van der Waals surface area contributed by atoms with E-state index >= 15 is 19.2 Å². The summed E-state index contributed by atoms with van der Waals surface area (Å²) in [6, 6.07) is 35.1. The van der Waals surface area contributed by atoms with Gasteiger partial charge in [0, 0.05) is 70.4 Å². The van der Waals surface area contributed by atoms with Crippen molar-refractivity contribution in [1.29, 1.82) is 0 Å². The van der Waals surface area contributed by atoms with E-state index in [9.17, 15) is 19.2 Å². The second-order valence-corrected chi connectivity index (χ2v) is 35.3. The molecule has 0 radical (unpaired) electrons. The number of fused-ring (bicyclic) bond motifs is 10. The smallest absolute Gasteiger partial charge is 0.302 e. The molecule has 1 heterocycles. The maximum absolute atomic E-state index is 15.1. The third kappa shape index (κ3) is 20.5. The normalized spacial score (nSPS) is 35.9. The fourth-order valence-electron chi connectivity index (χ4n) is 22.0. The topological polar surface area (TPSA) is 227 Å². The van der Waals surface area contributed by atoms with Crippen LogP contribution in [0.5, 0.6) is 0 Å². The lowest BCUT2D eigenvalue weighted by Gasteiger charge is -2.53. The molecule has 4 aromatic carbocycles. The lowest BCUT2D eigenvalue weighted by molar-refractivity contribution is -0.163. The van der Waals surface area contributed by atoms with E-state index in [1.54, 1.807) is 0 Å². The van der Waals surface area contributed by atoms with Crippen LogP contribution >= 0.6 is 0 Å². The molecule has 12 bridgehead atoms. The van der Waals surface area contributed by atoms with Gasteiger partial charge in [-0.2, -0.15) is 0 Å². The monoisotopic (exact) mass is 1450 g/mol. The molecule has 6 amide bonds. The van der Waals surface area contributed by atoms with E-state index in [1.807, 2.05) is 121 Å². The molecular weight excluding hydrogens is 1330 g/mol. The lowest BCUT2D eigenvalue weighted by Crippen LogP contribution is -2.56. The van der Waals surface area contributed by atoms with Gasteiger partial charge in [-0.05, 0) is 214 Å². The number of rotatable bonds is 10. The Kier molecular flexibility index (Phi) is 27.2. The molecule has 6 saturated carbocycles. The van der Waals surface area contributed by atoms with Crippen molar-refractivity contribution in [2.45, 2.75) is 296 Å². The number of ether oxygens (including phenoxy) is 2. The molecule has 16 nitrogen and oxygen atoms in total. The molecule has 0 spiro atoms. The van der Waals surface area contributed by atoms with Crippen molar-refractivity contribution in [3.63, 3.8) is 0 Å². The average Bonchev–Trinajstić information content (AvgIpc) is 1.39. The molecule has 7 fully saturated rings. The van der Waals surface area contributed by atoms with Gasteiger partial charge in [-0.15, -0.1) is 0 Å². The minimum Gasteiger partial charge on any atom is -0.463 e. The molecule has 1 saturated heterocycles. The number of nitrogens with one attached hydrogen (secondary N) is 6. The zero-order chi connectivity index (χ0) is 75.2. The Balaban J connectivity index is 0.883. The Hall–Kier alpha value is -7.36. The first-order valence-corrected chi connectivity index (χ1v) is 41.2. The Morgan fingerprint density at radius 2 is 0.755 bits per heavy atom. The maximum Gasteiger partial charge on any atom is 0.302 e. The molecule has 4 aromatic rings. The molecule has 1 aliphatic heterocycles. The molecule has 16 heteroatoms. The molecule has 11 rings (SSSR count). The van der Waals surface area contributed by atoms with Crippen molar-refractivity contribution in [1.82, 2.24) is 31.9 Å². The third-order valence-electron chi connectivity index (χ3n) is 28.2. The number of carbonyl (C=O) groups is 8. The van der Waals surface area contributed by atoms with Crippen LogP contribution in [0.15, 0.2) is 121 Å². The zero-order valence-electron chi connectivity index (χ0n) is 65.1. The second kappa shape index (κ2) is 36.2. The fraction of sp³-hybridized carbons (Fsp3) is 0.644. The quantitative estimate of drug-likeness (QED) is 0.0823. The van der Waals surface area contributed by atoms with E-state index in [0.29, 0.717) is 24.7 Å². The van der Waals surface area contributed by atoms with Gasteiger partial charge < -0.3 is 41.4 Å². The molecule has 106 heavy (non-hydrogen) atoms. The van der Waals surface area contributed by atoms with Crippen LogP contribution in [0.1, 0.15) is 245 Å². The summed E-state index contributed by atoms with van der Waals surface area (Å²) in [6.07, 6.45) is 22.2. The minimum absolute atomic E-state index is 0.0147. The van der Waals surface area contributed by atoms with Gasteiger partial charge in [0.2, 0.25) is 35.4 Å². The van der Waals surface area contributed by atoms with E-state index in [4.69, 9.17) is 9.47 Å². The van der Waals surface area contributed by atoms with Gasteiger partial charge in [-0.3, -0.25) is 38.4 Å². The summed E-state index contributed by atoms with van der Waals surface area (Å²) in [6.45, 7) is 17.4. The Bertz CT molecular complexity index is 3600. The van der Waals surface area contributed by atoms with E-state index < -0.39 is 36.0 Å². The number of hydrogen-bond donors (Lipinski definition) is 6. The van der Waals surface area contributed by atoms with Crippen LogP contribution in [-0.2, 0) is 73.5 Å². The Morgan fingerprint density at radius 3 is 1.19 bits per heavy atom. The summed E-state index contributed by atoms with van der Waals surface area (Å²) in [5, 5.41) is 19.7. The largest absolute Gasteiger partial charge is 0.463 e. The highest BCUT2D eigenvalue weighted by Crippen LogP contribution is 2.62. The second-order valence-electron chi connectivity index (χ2n) is 35.3. The van der Waals surface area contributed by atoms with Gasteiger partial charge in [0.15, 0.2) is 0 Å². The van der Waals surface area contributed by atoms with E-state index in [-0.39, 0.29) is 156 Å². The molecular formula is C90H126N6O10. The van der Waals surface area contributed by atoms with Crippen molar-refractivity contribution < 1.29 is 47.8 Å². The molecule has 6 aliphatic carbocycles. The first kappa shape index (κ1) is 79.7. The van der Waals surface area contributed by atoms with Gasteiger partial charge in [0.1, 0.15) is 36.4 Å². The van der Waals surface area contributed by atoms with E-state index in [2.05, 4.69) is 73.4 Å². The summed E-state index contributed by atoms with van der Waals surface area (Å²) in [5.41, 5.74) is 3.27. The van der Waals surface area contributed by atoms with Crippen molar-refractivity contribution >= 4 is 47.4 Å². The van der Waals surface area contributed by atoms with Crippen molar-refractivity contribution in [3.05, 3.63) is 144 Å². The van der Waals surface area contributed by atoms with Crippen molar-refractivity contribution in [2.75, 3.05) is 0 Å². The van der Waals surface area contributed by atoms with E-state index in [1.165, 1.54) is 13.8 Å². The van der Waals surface area contributed by atoms with Crippen LogP contribution in [-0.4, -0.2) is 95.8 Å². The zero-order valence-corrected chi connectivity index (χ0v) is 65.1. The predicted molar refractivity (Wildman–Crippen MR) is 415 cm³/mol.